The van der Waals surface area contributed by atoms with Crippen LogP contribution in [0.5, 0.6) is 0 Å². The number of aryl methyl sites for hydroxylation is 1. The second-order valence-electron chi connectivity index (χ2n) is 5.33. The Labute approximate surface area is 134 Å². The molecule has 1 aliphatic rings. The third-order valence-corrected chi connectivity index (χ3v) is 4.99. The Hall–Kier alpha value is -2.74. The molecule has 0 saturated carbocycles. The van der Waals surface area contributed by atoms with Gasteiger partial charge in [-0.2, -0.15) is 0 Å². The molecule has 2 aromatic heterocycles. The van der Waals surface area contributed by atoms with Crippen LogP contribution in [0.2, 0.25) is 0 Å². The van der Waals surface area contributed by atoms with E-state index in [1.165, 1.54) is 23.5 Å². The van der Waals surface area contributed by atoms with Crippen molar-refractivity contribution < 1.29 is 14.2 Å². The summed E-state index contributed by atoms with van der Waals surface area (Å²) >= 11 is 1.28. The molecule has 0 atom stereocenters. The van der Waals surface area contributed by atoms with Gasteiger partial charge in [-0.25, -0.2) is 0 Å². The van der Waals surface area contributed by atoms with E-state index in [0.717, 1.165) is 35.2 Å². The van der Waals surface area contributed by atoms with E-state index in [0.29, 0.717) is 16.1 Å². The van der Waals surface area contributed by atoms with Crippen molar-refractivity contribution in [2.75, 3.05) is 5.32 Å². The van der Waals surface area contributed by atoms with Gasteiger partial charge in [0.2, 0.25) is 5.88 Å². The Morgan fingerprint density at radius 1 is 1.35 bits per heavy atom. The summed E-state index contributed by atoms with van der Waals surface area (Å²) in [5.74, 6) is 0.116. The van der Waals surface area contributed by atoms with Gasteiger partial charge in [-0.1, -0.05) is 5.16 Å². The van der Waals surface area contributed by atoms with E-state index in [1.54, 1.807) is 12.1 Å². The van der Waals surface area contributed by atoms with Gasteiger partial charge in [0.25, 0.3) is 11.6 Å². The fourth-order valence-electron chi connectivity index (χ4n) is 2.75. The van der Waals surface area contributed by atoms with Crippen LogP contribution >= 0.6 is 11.3 Å². The van der Waals surface area contributed by atoms with Crippen LogP contribution in [0, 0.1) is 10.1 Å². The highest BCUT2D eigenvalue weighted by atomic mass is 32.1. The molecule has 0 aliphatic heterocycles. The van der Waals surface area contributed by atoms with Crippen molar-refractivity contribution in [1.82, 2.24) is 5.16 Å². The molecule has 23 heavy (non-hydrogen) atoms. The summed E-state index contributed by atoms with van der Waals surface area (Å²) in [6, 6.07) is 6.21. The first-order valence-electron chi connectivity index (χ1n) is 7.08. The number of hydrogen-bond donors (Lipinski definition) is 1. The van der Waals surface area contributed by atoms with E-state index in [1.807, 2.05) is 0 Å². The number of nitro groups is 1. The summed E-state index contributed by atoms with van der Waals surface area (Å²) in [4.78, 5) is 23.2. The standard InChI is InChI=1S/C15H11N3O4S/c19-14(16-15-10-2-1-3-11(10)17-22-15)13-7-8-6-9(18(20)21)4-5-12(8)23-13/h4-7H,1-3H2,(H,16,19). The van der Waals surface area contributed by atoms with Crippen molar-refractivity contribution in [2.45, 2.75) is 19.3 Å². The molecular weight excluding hydrogens is 318 g/mol. The molecule has 0 spiro atoms. The van der Waals surface area contributed by atoms with Crippen LogP contribution in [-0.4, -0.2) is 16.0 Å². The lowest BCUT2D eigenvalue weighted by Crippen LogP contribution is -2.10. The van der Waals surface area contributed by atoms with Gasteiger partial charge in [-0.3, -0.25) is 20.2 Å². The zero-order valence-electron chi connectivity index (χ0n) is 11.9. The lowest BCUT2D eigenvalue weighted by Gasteiger charge is -1.99. The van der Waals surface area contributed by atoms with Crippen LogP contribution in [0.15, 0.2) is 28.8 Å². The summed E-state index contributed by atoms with van der Waals surface area (Å²) in [6.07, 6.45) is 2.75. The molecule has 4 rings (SSSR count). The Bertz CT molecular complexity index is 943. The fraction of sp³-hybridized carbons (Fsp3) is 0.200. The molecule has 0 unspecified atom stereocenters. The number of carbonyl (C=O) groups is 1. The highest BCUT2D eigenvalue weighted by Crippen LogP contribution is 2.31. The number of nitrogens with one attached hydrogen (secondary N) is 1. The number of thiophene rings is 1. The minimum atomic E-state index is -0.450. The van der Waals surface area contributed by atoms with Crippen molar-refractivity contribution in [3.8, 4) is 0 Å². The quantitative estimate of drug-likeness (QED) is 0.585. The number of carbonyl (C=O) groups excluding carboxylic acids is 1. The van der Waals surface area contributed by atoms with Crippen molar-refractivity contribution in [1.29, 1.82) is 0 Å². The summed E-state index contributed by atoms with van der Waals surface area (Å²) < 4.78 is 6.01. The van der Waals surface area contributed by atoms with E-state index in [-0.39, 0.29) is 11.6 Å². The zero-order chi connectivity index (χ0) is 16.0. The highest BCUT2D eigenvalue weighted by Gasteiger charge is 2.23. The third kappa shape index (κ3) is 2.36. The Kier molecular flexibility index (Phi) is 3.12. The van der Waals surface area contributed by atoms with Crippen LogP contribution in [-0.2, 0) is 12.8 Å². The van der Waals surface area contributed by atoms with Gasteiger partial charge in [0.15, 0.2) is 0 Å². The summed E-state index contributed by atoms with van der Waals surface area (Å²) in [5.41, 5.74) is 1.89. The van der Waals surface area contributed by atoms with E-state index in [9.17, 15) is 14.9 Å². The Morgan fingerprint density at radius 3 is 3.04 bits per heavy atom. The molecule has 1 amide bonds. The van der Waals surface area contributed by atoms with Crippen LogP contribution in [0.3, 0.4) is 0 Å². The van der Waals surface area contributed by atoms with Gasteiger partial charge in [0, 0.05) is 27.8 Å². The molecule has 8 heteroatoms. The number of benzene rings is 1. The predicted octanol–water partition coefficient (Wildman–Crippen LogP) is 3.54. The van der Waals surface area contributed by atoms with Gasteiger partial charge in [-0.15, -0.1) is 11.3 Å². The maximum Gasteiger partial charge on any atom is 0.270 e. The number of amides is 1. The predicted molar refractivity (Wildman–Crippen MR) is 85.0 cm³/mol. The van der Waals surface area contributed by atoms with Crippen molar-refractivity contribution in [3.05, 3.63) is 50.5 Å². The Morgan fingerprint density at radius 2 is 2.22 bits per heavy atom. The van der Waals surface area contributed by atoms with Gasteiger partial charge < -0.3 is 4.52 Å². The zero-order valence-corrected chi connectivity index (χ0v) is 12.7. The van der Waals surface area contributed by atoms with Crippen molar-refractivity contribution >= 4 is 38.9 Å². The molecule has 0 fully saturated rings. The van der Waals surface area contributed by atoms with Crippen LogP contribution < -0.4 is 5.32 Å². The molecule has 3 aromatic rings. The van der Waals surface area contributed by atoms with E-state index in [4.69, 9.17) is 4.52 Å². The smallest absolute Gasteiger partial charge is 0.270 e. The molecule has 0 radical (unpaired) electrons. The Balaban J connectivity index is 1.63. The van der Waals surface area contributed by atoms with Gasteiger partial charge in [0.1, 0.15) is 0 Å². The molecule has 1 aromatic carbocycles. The number of aromatic nitrogens is 1. The molecule has 7 nitrogen and oxygen atoms in total. The van der Waals surface area contributed by atoms with Gasteiger partial charge in [-0.05, 0) is 31.4 Å². The molecular formula is C15H11N3O4S. The maximum absolute atomic E-state index is 12.4. The summed E-state index contributed by atoms with van der Waals surface area (Å²) in [6.45, 7) is 0. The van der Waals surface area contributed by atoms with E-state index < -0.39 is 4.92 Å². The van der Waals surface area contributed by atoms with Crippen molar-refractivity contribution in [3.63, 3.8) is 0 Å². The molecule has 2 heterocycles. The van der Waals surface area contributed by atoms with Crippen LogP contribution in [0.1, 0.15) is 27.3 Å². The minimum absolute atomic E-state index is 0.00955. The lowest BCUT2D eigenvalue weighted by atomic mass is 10.2. The topological polar surface area (TPSA) is 98.3 Å². The first-order chi connectivity index (χ1) is 11.1. The maximum atomic E-state index is 12.4. The molecule has 116 valence electrons. The van der Waals surface area contributed by atoms with Crippen LogP contribution in [0.4, 0.5) is 11.6 Å². The highest BCUT2D eigenvalue weighted by molar-refractivity contribution is 7.20. The molecule has 1 N–H and O–H groups in total. The lowest BCUT2D eigenvalue weighted by molar-refractivity contribution is -0.384. The monoisotopic (exact) mass is 329 g/mol. The average Bonchev–Trinajstić information content (AvgIpc) is 3.21. The number of fused-ring (bicyclic) bond motifs is 2. The average molecular weight is 329 g/mol. The summed E-state index contributed by atoms with van der Waals surface area (Å²) in [5, 5.41) is 18.2. The normalized spacial score (nSPS) is 13.2. The number of nitrogens with zero attached hydrogens (tertiary/aromatic N) is 2. The van der Waals surface area contributed by atoms with Crippen molar-refractivity contribution in [2.24, 2.45) is 0 Å². The minimum Gasteiger partial charge on any atom is -0.338 e. The SMILES string of the molecule is O=C(Nc1onc2c1CCC2)c1cc2cc([N+](=O)[O-])ccc2s1. The van der Waals surface area contributed by atoms with Gasteiger partial charge >= 0.3 is 0 Å². The third-order valence-electron chi connectivity index (χ3n) is 3.87. The number of non-ortho nitro benzene ring substituents is 1. The molecule has 0 saturated heterocycles. The number of anilines is 1. The molecule has 0 bridgehead atoms. The number of hydrogen-bond acceptors (Lipinski definition) is 6. The first-order valence-corrected chi connectivity index (χ1v) is 7.90. The molecule has 1 aliphatic carbocycles. The van der Waals surface area contributed by atoms with E-state index in [2.05, 4.69) is 10.5 Å². The van der Waals surface area contributed by atoms with E-state index >= 15 is 0 Å². The summed E-state index contributed by atoms with van der Waals surface area (Å²) in [7, 11) is 0. The van der Waals surface area contributed by atoms with Gasteiger partial charge in [0.05, 0.1) is 15.5 Å². The second-order valence-corrected chi connectivity index (χ2v) is 6.42. The number of rotatable bonds is 3. The number of nitro benzene ring substituents is 1. The fourth-order valence-corrected chi connectivity index (χ4v) is 3.69. The first kappa shape index (κ1) is 13.9. The second kappa shape index (κ2) is 5.17. The van der Waals surface area contributed by atoms with Crippen LogP contribution in [0.25, 0.3) is 10.1 Å². The largest absolute Gasteiger partial charge is 0.338 e.